The number of likely N-dealkylation sites (tertiary alicyclic amines) is 1. The molecule has 6 nitrogen and oxygen atoms in total. The molecule has 0 aliphatic carbocycles. The molecule has 0 spiro atoms. The monoisotopic (exact) mass is 443 g/mol. The Labute approximate surface area is 181 Å². The van der Waals surface area contributed by atoms with E-state index in [1.54, 1.807) is 21.6 Å². The maximum Gasteiger partial charge on any atom is 0.242 e. The lowest BCUT2D eigenvalue weighted by atomic mass is 10.0. The average molecular weight is 444 g/mol. The van der Waals surface area contributed by atoms with Crippen LogP contribution < -0.4 is 0 Å². The Hall–Kier alpha value is -2.71. The van der Waals surface area contributed by atoms with E-state index >= 15 is 0 Å². The van der Waals surface area contributed by atoms with E-state index in [0.717, 1.165) is 38.1 Å². The van der Waals surface area contributed by atoms with Crippen LogP contribution >= 0.6 is 0 Å². The quantitative estimate of drug-likeness (QED) is 0.569. The van der Waals surface area contributed by atoms with E-state index in [4.69, 9.17) is 0 Å². The van der Waals surface area contributed by atoms with Crippen molar-refractivity contribution in [3.63, 3.8) is 0 Å². The minimum Gasteiger partial charge on any atom is -0.341 e. The third-order valence-corrected chi connectivity index (χ3v) is 7.90. The van der Waals surface area contributed by atoms with Crippen LogP contribution in [-0.4, -0.2) is 61.9 Å². The van der Waals surface area contributed by atoms with Gasteiger partial charge in [-0.05, 0) is 63.3 Å². The highest BCUT2D eigenvalue weighted by molar-refractivity contribution is 7.91. The Bertz CT molecular complexity index is 1200. The van der Waals surface area contributed by atoms with E-state index in [2.05, 4.69) is 11.9 Å². The first-order valence-corrected chi connectivity index (χ1v) is 11.8. The first-order valence-electron chi connectivity index (χ1n) is 10.3. The number of benzene rings is 2. The summed E-state index contributed by atoms with van der Waals surface area (Å²) < 4.78 is 41.4. The van der Waals surface area contributed by atoms with Gasteiger partial charge in [-0.3, -0.25) is 4.79 Å². The Morgan fingerprint density at radius 1 is 1.10 bits per heavy atom. The zero-order valence-corrected chi connectivity index (χ0v) is 18.5. The lowest BCUT2D eigenvalue weighted by Gasteiger charge is -2.35. The first-order chi connectivity index (χ1) is 14.8. The molecule has 0 bridgehead atoms. The van der Waals surface area contributed by atoms with Crippen LogP contribution in [0, 0.1) is 5.82 Å². The van der Waals surface area contributed by atoms with Gasteiger partial charge in [0.15, 0.2) is 0 Å². The first kappa shape index (κ1) is 21.5. The van der Waals surface area contributed by atoms with Gasteiger partial charge in [-0.25, -0.2) is 12.8 Å². The summed E-state index contributed by atoms with van der Waals surface area (Å²) >= 11 is 0. The van der Waals surface area contributed by atoms with E-state index in [9.17, 15) is 17.6 Å². The van der Waals surface area contributed by atoms with Crippen molar-refractivity contribution in [1.82, 2.24) is 14.4 Å². The molecule has 0 saturated carbocycles. The molecule has 1 aliphatic heterocycles. The molecule has 2 aromatic carbocycles. The number of carbonyl (C=O) groups is 1. The molecule has 4 rings (SSSR count). The second kappa shape index (κ2) is 8.43. The SMILES string of the molecule is CN1CCC(N(C)C(=O)Cn2cc(S(=O)(=O)c3ccc(F)cc3)c3ccccc32)CC1. The smallest absolute Gasteiger partial charge is 0.242 e. The highest BCUT2D eigenvalue weighted by Gasteiger charge is 2.27. The molecule has 8 heteroatoms. The van der Waals surface area contributed by atoms with Gasteiger partial charge in [0.1, 0.15) is 12.4 Å². The number of rotatable bonds is 5. The number of amides is 1. The van der Waals surface area contributed by atoms with Crippen molar-refractivity contribution in [3.8, 4) is 0 Å². The number of nitrogens with zero attached hydrogens (tertiary/aromatic N) is 3. The van der Waals surface area contributed by atoms with Crippen molar-refractivity contribution in [2.45, 2.75) is 35.2 Å². The molecule has 1 aliphatic rings. The van der Waals surface area contributed by atoms with Crippen molar-refractivity contribution < 1.29 is 17.6 Å². The van der Waals surface area contributed by atoms with Crippen LogP contribution in [-0.2, 0) is 21.2 Å². The normalized spacial score (nSPS) is 16.0. The Morgan fingerprint density at radius 3 is 2.42 bits per heavy atom. The molecule has 1 amide bonds. The van der Waals surface area contributed by atoms with Crippen molar-refractivity contribution in [2.75, 3.05) is 27.2 Å². The number of halogens is 1. The molecule has 31 heavy (non-hydrogen) atoms. The van der Waals surface area contributed by atoms with Gasteiger partial charge in [0.05, 0.1) is 9.79 Å². The summed E-state index contributed by atoms with van der Waals surface area (Å²) in [6.07, 6.45) is 3.37. The lowest BCUT2D eigenvalue weighted by Crippen LogP contribution is -2.45. The second-order valence-corrected chi connectivity index (χ2v) is 10.1. The predicted molar refractivity (Wildman–Crippen MR) is 117 cm³/mol. The predicted octanol–water partition coefficient (Wildman–Crippen LogP) is 3.17. The Morgan fingerprint density at radius 2 is 1.74 bits per heavy atom. The number of hydrogen-bond donors (Lipinski definition) is 0. The van der Waals surface area contributed by atoms with Gasteiger partial charge < -0.3 is 14.4 Å². The van der Waals surface area contributed by atoms with Gasteiger partial charge in [-0.1, -0.05) is 18.2 Å². The number of fused-ring (bicyclic) bond motifs is 1. The summed E-state index contributed by atoms with van der Waals surface area (Å²) in [6.45, 7) is 1.96. The van der Waals surface area contributed by atoms with E-state index in [1.807, 2.05) is 19.2 Å². The molecular weight excluding hydrogens is 417 g/mol. The minimum absolute atomic E-state index is 0.0200. The maximum atomic E-state index is 13.3. The number of sulfone groups is 1. The molecule has 0 atom stereocenters. The number of aromatic nitrogens is 1. The fourth-order valence-corrected chi connectivity index (χ4v) is 5.62. The van der Waals surface area contributed by atoms with Crippen LogP contribution in [0.1, 0.15) is 12.8 Å². The maximum absolute atomic E-state index is 13.3. The number of piperidine rings is 1. The summed E-state index contributed by atoms with van der Waals surface area (Å²) in [4.78, 5) is 17.2. The van der Waals surface area contributed by atoms with E-state index in [-0.39, 0.29) is 28.3 Å². The molecule has 1 aromatic heterocycles. The van der Waals surface area contributed by atoms with Crippen LogP contribution in [0.3, 0.4) is 0 Å². The summed E-state index contributed by atoms with van der Waals surface area (Å²) in [5.41, 5.74) is 0.674. The fourth-order valence-electron chi connectivity index (χ4n) is 4.14. The van der Waals surface area contributed by atoms with E-state index in [0.29, 0.717) is 10.9 Å². The summed E-state index contributed by atoms with van der Waals surface area (Å²) in [6, 6.07) is 12.1. The second-order valence-electron chi connectivity index (χ2n) is 8.13. The van der Waals surface area contributed by atoms with Crippen LogP contribution in [0.4, 0.5) is 4.39 Å². The van der Waals surface area contributed by atoms with Crippen LogP contribution in [0.5, 0.6) is 0 Å². The van der Waals surface area contributed by atoms with Gasteiger partial charge in [0.2, 0.25) is 15.7 Å². The van der Waals surface area contributed by atoms with Gasteiger partial charge in [0, 0.05) is 30.2 Å². The standard InChI is InChI=1S/C23H26FN3O3S/c1-25-13-11-18(12-14-25)26(2)23(28)16-27-15-22(20-5-3-4-6-21(20)27)31(29,30)19-9-7-17(24)8-10-19/h3-10,15,18H,11-14,16H2,1-2H3. The summed E-state index contributed by atoms with van der Waals surface area (Å²) in [5.74, 6) is -0.551. The average Bonchev–Trinajstić information content (AvgIpc) is 3.13. The minimum atomic E-state index is -3.86. The third kappa shape index (κ3) is 4.22. The highest BCUT2D eigenvalue weighted by Crippen LogP contribution is 2.30. The topological polar surface area (TPSA) is 62.6 Å². The van der Waals surface area contributed by atoms with Gasteiger partial charge >= 0.3 is 0 Å². The lowest BCUT2D eigenvalue weighted by molar-refractivity contribution is -0.133. The summed E-state index contributed by atoms with van der Waals surface area (Å²) in [5, 5.41) is 0.543. The van der Waals surface area contributed by atoms with Crippen molar-refractivity contribution in [1.29, 1.82) is 0 Å². The molecular formula is C23H26FN3O3S. The Balaban J connectivity index is 1.65. The summed E-state index contributed by atoms with van der Waals surface area (Å²) in [7, 11) is 0.0340. The van der Waals surface area contributed by atoms with Crippen LogP contribution in [0.15, 0.2) is 64.5 Å². The van der Waals surface area contributed by atoms with Gasteiger partial charge in [-0.2, -0.15) is 0 Å². The molecule has 0 radical (unpaired) electrons. The van der Waals surface area contributed by atoms with Gasteiger partial charge in [-0.15, -0.1) is 0 Å². The molecule has 3 aromatic rings. The number of hydrogen-bond acceptors (Lipinski definition) is 4. The molecule has 1 saturated heterocycles. The molecule has 0 N–H and O–H groups in total. The highest BCUT2D eigenvalue weighted by atomic mass is 32.2. The van der Waals surface area contributed by atoms with E-state index < -0.39 is 15.7 Å². The third-order valence-electron chi connectivity index (χ3n) is 6.10. The van der Waals surface area contributed by atoms with Crippen LogP contribution in [0.25, 0.3) is 10.9 Å². The molecule has 1 fully saturated rings. The molecule has 164 valence electrons. The number of likely N-dealkylation sites (N-methyl/N-ethyl adjacent to an activating group) is 1. The number of carbonyl (C=O) groups excluding carboxylic acids is 1. The molecule has 2 heterocycles. The van der Waals surface area contributed by atoms with Crippen LogP contribution in [0.2, 0.25) is 0 Å². The van der Waals surface area contributed by atoms with Crippen molar-refractivity contribution >= 4 is 26.6 Å². The largest absolute Gasteiger partial charge is 0.341 e. The zero-order valence-electron chi connectivity index (χ0n) is 17.7. The van der Waals surface area contributed by atoms with Gasteiger partial charge in [0.25, 0.3) is 0 Å². The number of para-hydroxylation sites is 1. The van der Waals surface area contributed by atoms with Crippen molar-refractivity contribution in [2.24, 2.45) is 0 Å². The van der Waals surface area contributed by atoms with Crippen molar-refractivity contribution in [3.05, 3.63) is 60.5 Å². The van der Waals surface area contributed by atoms with E-state index in [1.165, 1.54) is 18.3 Å². The molecule has 0 unspecified atom stereocenters. The Kier molecular flexibility index (Phi) is 5.85. The zero-order chi connectivity index (χ0) is 22.2. The fraction of sp³-hybridized carbons (Fsp3) is 0.348.